The first-order chi connectivity index (χ1) is 3.29. The van der Waals surface area contributed by atoms with E-state index in [1.807, 2.05) is 0 Å². The second-order valence-electron chi connectivity index (χ2n) is 1.88. The summed E-state index contributed by atoms with van der Waals surface area (Å²) in [7, 11) is 0. The Bertz CT molecular complexity index is 90.1. The second-order valence-corrected chi connectivity index (χ2v) is 3.64. The van der Waals surface area contributed by atoms with Gasteiger partial charge in [-0.05, 0) is 6.42 Å². The predicted octanol–water partition coefficient (Wildman–Crippen LogP) is 1.54. The van der Waals surface area contributed by atoms with Gasteiger partial charge in [0.2, 0.25) is 0 Å². The van der Waals surface area contributed by atoms with Crippen molar-refractivity contribution in [2.75, 3.05) is 0 Å². The lowest BCUT2D eigenvalue weighted by atomic mass is 10.4. The molecule has 7 heavy (non-hydrogen) atoms. The highest BCUT2D eigenvalue weighted by Crippen LogP contribution is 2.21. The quantitative estimate of drug-likeness (QED) is 0.437. The summed E-state index contributed by atoms with van der Waals surface area (Å²) in [6.45, 7) is 0. The molecule has 1 rings (SSSR count). The number of rotatable bonds is 0. The average molecular weight is 210 g/mol. The first kappa shape index (κ1) is 5.54. The first-order valence-corrected chi connectivity index (χ1v) is 3.69. The van der Waals surface area contributed by atoms with Crippen molar-refractivity contribution < 1.29 is 4.79 Å². The zero-order valence-corrected chi connectivity index (χ0v) is 6.14. The highest BCUT2D eigenvalue weighted by molar-refractivity contribution is 14.1. The van der Waals surface area contributed by atoms with Gasteiger partial charge in [-0.2, -0.15) is 0 Å². The molecule has 0 aromatic rings. The summed E-state index contributed by atoms with van der Waals surface area (Å²) in [5.74, 6) is 0.444. The molecule has 0 unspecified atom stereocenters. The van der Waals surface area contributed by atoms with Crippen LogP contribution in [-0.2, 0) is 4.79 Å². The van der Waals surface area contributed by atoms with Crippen LogP contribution in [0.15, 0.2) is 0 Å². The van der Waals surface area contributed by atoms with Crippen LogP contribution in [-0.4, -0.2) is 9.71 Å². The van der Waals surface area contributed by atoms with Crippen molar-refractivity contribution in [3.05, 3.63) is 0 Å². The lowest BCUT2D eigenvalue weighted by Crippen LogP contribution is -1.88. The normalized spacial score (nSPS) is 31.6. The minimum Gasteiger partial charge on any atom is -0.300 e. The molecule has 1 atom stereocenters. The molecule has 1 aliphatic carbocycles. The molecule has 2 heteroatoms. The Labute approximate surface area is 56.6 Å². The van der Waals surface area contributed by atoms with Crippen molar-refractivity contribution in [2.45, 2.75) is 23.2 Å². The monoisotopic (exact) mass is 210 g/mol. The maximum absolute atomic E-state index is 10.4. The number of alkyl halides is 1. The van der Waals surface area contributed by atoms with Crippen LogP contribution in [0.1, 0.15) is 19.3 Å². The number of carbonyl (C=O) groups is 1. The van der Waals surface area contributed by atoms with Gasteiger partial charge in [-0.1, -0.05) is 22.6 Å². The second kappa shape index (κ2) is 2.11. The maximum Gasteiger partial charge on any atom is 0.133 e. The largest absolute Gasteiger partial charge is 0.300 e. The minimum atomic E-state index is 0.444. The maximum atomic E-state index is 10.4. The molecule has 0 aromatic heterocycles. The van der Waals surface area contributed by atoms with Gasteiger partial charge < -0.3 is 0 Å². The summed E-state index contributed by atoms with van der Waals surface area (Å²) >= 11 is 2.33. The summed E-state index contributed by atoms with van der Waals surface area (Å²) in [6.07, 6.45) is 2.76. The van der Waals surface area contributed by atoms with Crippen molar-refractivity contribution >= 4 is 28.4 Å². The van der Waals surface area contributed by atoms with Gasteiger partial charge in [0.1, 0.15) is 5.78 Å². The Balaban J connectivity index is 2.40. The average Bonchev–Trinajstić information content (AvgIpc) is 1.87. The van der Waals surface area contributed by atoms with E-state index in [2.05, 4.69) is 22.6 Å². The van der Waals surface area contributed by atoms with Crippen LogP contribution >= 0.6 is 22.6 Å². The number of ketones is 1. The Morgan fingerprint density at radius 3 is 2.57 bits per heavy atom. The summed E-state index contributed by atoms with van der Waals surface area (Å²) < 4.78 is 0.644. The van der Waals surface area contributed by atoms with Crippen LogP contribution in [0.4, 0.5) is 0 Å². The van der Waals surface area contributed by atoms with Crippen molar-refractivity contribution in [3.8, 4) is 0 Å². The molecule has 0 aromatic carbocycles. The van der Waals surface area contributed by atoms with E-state index in [0.29, 0.717) is 9.71 Å². The molecule has 1 saturated carbocycles. The molecule has 0 amide bonds. The molecule has 40 valence electrons. The summed E-state index contributed by atoms with van der Waals surface area (Å²) in [4.78, 5) is 10.4. The fraction of sp³-hybridized carbons (Fsp3) is 0.800. The van der Waals surface area contributed by atoms with E-state index in [9.17, 15) is 4.79 Å². The van der Waals surface area contributed by atoms with E-state index >= 15 is 0 Å². The molecule has 1 aliphatic rings. The molecule has 0 bridgehead atoms. The molecular formula is C5H7IO. The lowest BCUT2D eigenvalue weighted by molar-refractivity contribution is -0.117. The number of hydrogen-bond acceptors (Lipinski definition) is 1. The lowest BCUT2D eigenvalue weighted by Gasteiger charge is -1.87. The van der Waals surface area contributed by atoms with E-state index < -0.39 is 0 Å². The first-order valence-electron chi connectivity index (χ1n) is 2.45. The number of Topliss-reactive ketones (excluding diaryl/α,β-unsaturated/α-hetero) is 1. The van der Waals surface area contributed by atoms with Crippen molar-refractivity contribution in [3.63, 3.8) is 0 Å². The molecule has 1 nitrogen and oxygen atoms in total. The SMILES string of the molecule is O=C1CC[C@H](I)C1. The van der Waals surface area contributed by atoms with Gasteiger partial charge in [-0.25, -0.2) is 0 Å². The van der Waals surface area contributed by atoms with Gasteiger partial charge in [-0.15, -0.1) is 0 Å². The van der Waals surface area contributed by atoms with Gasteiger partial charge in [0.05, 0.1) is 0 Å². The number of hydrogen-bond donors (Lipinski definition) is 0. The molecule has 0 saturated heterocycles. The van der Waals surface area contributed by atoms with E-state index in [4.69, 9.17) is 0 Å². The molecule has 1 fully saturated rings. The zero-order chi connectivity index (χ0) is 5.28. The van der Waals surface area contributed by atoms with E-state index in [1.54, 1.807) is 0 Å². The predicted molar refractivity (Wildman–Crippen MR) is 36.7 cm³/mol. The summed E-state index contributed by atoms with van der Waals surface area (Å²) in [5, 5.41) is 0. The standard InChI is InChI=1S/C5H7IO/c6-4-1-2-5(7)3-4/h4H,1-3H2/t4-/m0/s1. The smallest absolute Gasteiger partial charge is 0.133 e. The van der Waals surface area contributed by atoms with Crippen LogP contribution in [0, 0.1) is 0 Å². The van der Waals surface area contributed by atoms with Crippen LogP contribution in [0.25, 0.3) is 0 Å². The van der Waals surface area contributed by atoms with Crippen molar-refractivity contribution in [1.29, 1.82) is 0 Å². The zero-order valence-electron chi connectivity index (χ0n) is 3.98. The Hall–Kier alpha value is 0.400. The molecule has 0 spiro atoms. The van der Waals surface area contributed by atoms with Crippen molar-refractivity contribution in [1.82, 2.24) is 0 Å². The van der Waals surface area contributed by atoms with Gasteiger partial charge >= 0.3 is 0 Å². The Morgan fingerprint density at radius 2 is 2.43 bits per heavy atom. The van der Waals surface area contributed by atoms with Crippen LogP contribution < -0.4 is 0 Å². The van der Waals surface area contributed by atoms with Gasteiger partial charge in [0.25, 0.3) is 0 Å². The third-order valence-corrected chi connectivity index (χ3v) is 2.25. The van der Waals surface area contributed by atoms with Gasteiger partial charge in [0, 0.05) is 16.8 Å². The third-order valence-electron chi connectivity index (χ3n) is 1.19. The fourth-order valence-electron chi connectivity index (χ4n) is 0.769. The van der Waals surface area contributed by atoms with Crippen molar-refractivity contribution in [2.24, 2.45) is 0 Å². The highest BCUT2D eigenvalue weighted by atomic mass is 127. The van der Waals surface area contributed by atoms with E-state index in [1.165, 1.54) is 0 Å². The third kappa shape index (κ3) is 1.40. The fourth-order valence-corrected chi connectivity index (χ4v) is 1.57. The van der Waals surface area contributed by atoms with Crippen LogP contribution in [0.2, 0.25) is 0 Å². The molecule has 0 N–H and O–H groups in total. The molecular weight excluding hydrogens is 203 g/mol. The Morgan fingerprint density at radius 1 is 1.71 bits per heavy atom. The topological polar surface area (TPSA) is 17.1 Å². The summed E-state index contributed by atoms with van der Waals surface area (Å²) in [5.41, 5.74) is 0. The van der Waals surface area contributed by atoms with Gasteiger partial charge in [-0.3, -0.25) is 4.79 Å². The van der Waals surface area contributed by atoms with E-state index in [0.717, 1.165) is 19.3 Å². The van der Waals surface area contributed by atoms with Gasteiger partial charge in [0.15, 0.2) is 0 Å². The number of carbonyl (C=O) groups excluding carboxylic acids is 1. The summed E-state index contributed by atoms with van der Waals surface area (Å²) in [6, 6.07) is 0. The molecule has 0 radical (unpaired) electrons. The number of halogens is 1. The minimum absolute atomic E-state index is 0.444. The van der Waals surface area contributed by atoms with E-state index in [-0.39, 0.29) is 0 Å². The highest BCUT2D eigenvalue weighted by Gasteiger charge is 2.18. The molecule has 0 heterocycles. The Kier molecular flexibility index (Phi) is 1.67. The van der Waals surface area contributed by atoms with Crippen LogP contribution in [0.5, 0.6) is 0 Å². The molecule has 0 aliphatic heterocycles. The van der Waals surface area contributed by atoms with Crippen LogP contribution in [0.3, 0.4) is 0 Å².